The van der Waals surface area contributed by atoms with Crippen molar-refractivity contribution in [2.24, 2.45) is 0 Å². The highest BCUT2D eigenvalue weighted by molar-refractivity contribution is 9.10. The lowest BCUT2D eigenvalue weighted by molar-refractivity contribution is 0.435. The molecular weight excluding hydrogens is 326 g/mol. The van der Waals surface area contributed by atoms with Crippen LogP contribution in [0.2, 0.25) is 0 Å². The Kier molecular flexibility index (Phi) is 4.13. The summed E-state index contributed by atoms with van der Waals surface area (Å²) in [6.07, 6.45) is 0.914. The van der Waals surface area contributed by atoms with Crippen LogP contribution in [0.1, 0.15) is 30.0 Å². The molecule has 0 aliphatic rings. The molecule has 2 aromatic carbocycles. The Hall–Kier alpha value is -1.58. The third-order valence-corrected chi connectivity index (χ3v) is 4.51. The summed E-state index contributed by atoms with van der Waals surface area (Å²) in [5.74, 6) is 1.98. The molecule has 1 unspecified atom stereocenters. The van der Waals surface area contributed by atoms with Crippen LogP contribution in [0.5, 0.6) is 0 Å². The smallest absolute Gasteiger partial charge is 0.125 e. The number of halogens is 1. The van der Waals surface area contributed by atoms with Gasteiger partial charge in [-0.2, -0.15) is 0 Å². The Bertz CT molecular complexity index is 763. The summed E-state index contributed by atoms with van der Waals surface area (Å²) in [6.45, 7) is 2.10. The van der Waals surface area contributed by atoms with Crippen molar-refractivity contribution in [2.75, 3.05) is 7.05 Å². The lowest BCUT2D eigenvalue weighted by Crippen LogP contribution is -2.17. The molecule has 0 saturated carbocycles. The van der Waals surface area contributed by atoms with Crippen LogP contribution in [0.25, 0.3) is 10.8 Å². The molecule has 108 valence electrons. The fraction of sp³-hybridized carbons (Fsp3) is 0.222. The van der Waals surface area contributed by atoms with Crippen molar-refractivity contribution in [1.82, 2.24) is 5.32 Å². The Morgan fingerprint density at radius 1 is 1.05 bits per heavy atom. The lowest BCUT2D eigenvalue weighted by atomic mass is 9.97. The van der Waals surface area contributed by atoms with Gasteiger partial charge in [0.15, 0.2) is 0 Å². The second-order valence-corrected chi connectivity index (χ2v) is 5.92. The minimum absolute atomic E-state index is 0.0586. The first-order valence-corrected chi connectivity index (χ1v) is 7.97. The van der Waals surface area contributed by atoms with E-state index in [0.717, 1.165) is 22.4 Å². The fourth-order valence-electron chi connectivity index (χ4n) is 2.73. The van der Waals surface area contributed by atoms with Crippen LogP contribution in [-0.4, -0.2) is 7.05 Å². The van der Waals surface area contributed by atoms with Gasteiger partial charge < -0.3 is 9.73 Å². The molecule has 1 N–H and O–H groups in total. The molecule has 3 rings (SSSR count). The van der Waals surface area contributed by atoms with Gasteiger partial charge in [0.05, 0.1) is 6.04 Å². The first-order valence-electron chi connectivity index (χ1n) is 7.17. The van der Waals surface area contributed by atoms with E-state index in [1.807, 2.05) is 7.05 Å². The third-order valence-electron chi connectivity index (χ3n) is 3.82. The van der Waals surface area contributed by atoms with Gasteiger partial charge in [0.25, 0.3) is 0 Å². The second-order valence-electron chi connectivity index (χ2n) is 5.06. The number of hydrogen-bond donors (Lipinski definition) is 1. The topological polar surface area (TPSA) is 25.2 Å². The van der Waals surface area contributed by atoms with Gasteiger partial charge in [-0.1, -0.05) is 53.2 Å². The van der Waals surface area contributed by atoms with Crippen molar-refractivity contribution in [3.63, 3.8) is 0 Å². The summed E-state index contributed by atoms with van der Waals surface area (Å²) in [7, 11) is 1.97. The SMILES string of the molecule is CCc1ccc(C(NC)c2ccc(Br)c3ccccc23)o1. The van der Waals surface area contributed by atoms with Gasteiger partial charge in [0.1, 0.15) is 11.5 Å². The van der Waals surface area contributed by atoms with Gasteiger partial charge in [-0.05, 0) is 41.6 Å². The quantitative estimate of drug-likeness (QED) is 0.715. The molecule has 21 heavy (non-hydrogen) atoms. The van der Waals surface area contributed by atoms with Crippen LogP contribution in [0, 0.1) is 0 Å². The van der Waals surface area contributed by atoms with Crippen LogP contribution in [0.15, 0.2) is 57.4 Å². The minimum Gasteiger partial charge on any atom is -0.464 e. The average molecular weight is 344 g/mol. The fourth-order valence-corrected chi connectivity index (χ4v) is 3.21. The van der Waals surface area contributed by atoms with E-state index in [0.29, 0.717) is 0 Å². The van der Waals surface area contributed by atoms with Crippen LogP contribution in [-0.2, 0) is 6.42 Å². The standard InChI is InChI=1S/C18H18BrNO/c1-3-12-8-11-17(21-12)18(20-2)15-9-10-16(19)14-7-5-4-6-13(14)15/h4-11,18,20H,3H2,1-2H3. The maximum absolute atomic E-state index is 5.95. The Labute approximate surface area is 133 Å². The summed E-state index contributed by atoms with van der Waals surface area (Å²) < 4.78 is 7.06. The monoisotopic (exact) mass is 343 g/mol. The van der Waals surface area contributed by atoms with E-state index < -0.39 is 0 Å². The Balaban J connectivity index is 2.15. The van der Waals surface area contributed by atoms with E-state index in [9.17, 15) is 0 Å². The van der Waals surface area contributed by atoms with Gasteiger partial charge in [-0.25, -0.2) is 0 Å². The highest BCUT2D eigenvalue weighted by Gasteiger charge is 2.18. The summed E-state index contributed by atoms with van der Waals surface area (Å²) in [5.41, 5.74) is 1.23. The predicted octanol–water partition coefficient (Wildman–Crippen LogP) is 5.07. The number of aryl methyl sites for hydroxylation is 1. The largest absolute Gasteiger partial charge is 0.464 e. The van der Waals surface area contributed by atoms with E-state index in [-0.39, 0.29) is 6.04 Å². The molecular formula is C18H18BrNO. The molecule has 0 radical (unpaired) electrons. The van der Waals surface area contributed by atoms with E-state index in [1.165, 1.54) is 16.3 Å². The van der Waals surface area contributed by atoms with E-state index >= 15 is 0 Å². The Morgan fingerprint density at radius 3 is 2.48 bits per heavy atom. The van der Waals surface area contributed by atoms with Crippen molar-refractivity contribution in [2.45, 2.75) is 19.4 Å². The van der Waals surface area contributed by atoms with Crippen LogP contribution in [0.4, 0.5) is 0 Å². The molecule has 0 saturated heterocycles. The Morgan fingerprint density at radius 2 is 1.81 bits per heavy atom. The van der Waals surface area contributed by atoms with Crippen molar-refractivity contribution in [3.05, 3.63) is 70.1 Å². The highest BCUT2D eigenvalue weighted by Crippen LogP contribution is 2.33. The number of fused-ring (bicyclic) bond motifs is 1. The maximum Gasteiger partial charge on any atom is 0.125 e. The first kappa shape index (κ1) is 14.4. The zero-order valence-electron chi connectivity index (χ0n) is 12.2. The molecule has 1 heterocycles. The normalized spacial score (nSPS) is 12.7. The third kappa shape index (κ3) is 2.63. The first-order chi connectivity index (χ1) is 10.2. The summed E-state index contributed by atoms with van der Waals surface area (Å²) in [5, 5.41) is 5.83. The highest BCUT2D eigenvalue weighted by atomic mass is 79.9. The van der Waals surface area contributed by atoms with E-state index in [1.54, 1.807) is 0 Å². The molecule has 0 bridgehead atoms. The van der Waals surface area contributed by atoms with E-state index in [4.69, 9.17) is 4.42 Å². The zero-order valence-corrected chi connectivity index (χ0v) is 13.8. The van der Waals surface area contributed by atoms with Crippen molar-refractivity contribution in [3.8, 4) is 0 Å². The molecule has 3 heteroatoms. The number of nitrogens with one attached hydrogen (secondary N) is 1. The molecule has 0 amide bonds. The number of benzene rings is 2. The van der Waals surface area contributed by atoms with Gasteiger partial charge in [0.2, 0.25) is 0 Å². The minimum atomic E-state index is 0.0586. The molecule has 0 aliphatic heterocycles. The molecule has 0 aliphatic carbocycles. The van der Waals surface area contributed by atoms with Gasteiger partial charge >= 0.3 is 0 Å². The number of rotatable bonds is 4. The number of furan rings is 1. The van der Waals surface area contributed by atoms with Crippen molar-refractivity contribution >= 4 is 26.7 Å². The summed E-state index contributed by atoms with van der Waals surface area (Å²) in [6, 6.07) is 16.9. The zero-order chi connectivity index (χ0) is 14.8. The average Bonchev–Trinajstić information content (AvgIpc) is 2.99. The van der Waals surface area contributed by atoms with Crippen LogP contribution in [0.3, 0.4) is 0 Å². The van der Waals surface area contributed by atoms with Crippen molar-refractivity contribution < 1.29 is 4.42 Å². The van der Waals surface area contributed by atoms with E-state index in [2.05, 4.69) is 76.7 Å². The molecule has 2 nitrogen and oxygen atoms in total. The van der Waals surface area contributed by atoms with Crippen LogP contribution < -0.4 is 5.32 Å². The molecule has 1 aromatic heterocycles. The number of hydrogen-bond acceptors (Lipinski definition) is 2. The molecule has 0 spiro atoms. The maximum atomic E-state index is 5.95. The predicted molar refractivity (Wildman–Crippen MR) is 90.6 cm³/mol. The summed E-state index contributed by atoms with van der Waals surface area (Å²) >= 11 is 3.63. The van der Waals surface area contributed by atoms with Gasteiger partial charge in [-0.15, -0.1) is 0 Å². The molecule has 3 aromatic rings. The van der Waals surface area contributed by atoms with Gasteiger partial charge in [-0.3, -0.25) is 0 Å². The van der Waals surface area contributed by atoms with Gasteiger partial charge in [0, 0.05) is 10.9 Å². The van der Waals surface area contributed by atoms with Crippen LogP contribution >= 0.6 is 15.9 Å². The molecule has 0 fully saturated rings. The lowest BCUT2D eigenvalue weighted by Gasteiger charge is -2.17. The second kappa shape index (κ2) is 6.04. The summed E-state index contributed by atoms with van der Waals surface area (Å²) in [4.78, 5) is 0. The molecule has 1 atom stereocenters. The van der Waals surface area contributed by atoms with Crippen molar-refractivity contribution in [1.29, 1.82) is 0 Å².